The zero-order chi connectivity index (χ0) is 9.84. The average molecular weight is 175 g/mol. The van der Waals surface area contributed by atoms with Crippen molar-refractivity contribution in [1.82, 2.24) is 0 Å². The molecule has 1 aromatic carbocycles. The lowest BCUT2D eigenvalue weighted by Crippen LogP contribution is -1.98. The SMILES string of the molecule is C=C/C=C(/N)c1cccc(O)c1C. The van der Waals surface area contributed by atoms with Crippen LogP contribution < -0.4 is 5.73 Å². The van der Waals surface area contributed by atoms with Crippen LogP contribution in [0.3, 0.4) is 0 Å². The number of aromatic hydroxyl groups is 1. The molecule has 13 heavy (non-hydrogen) atoms. The molecule has 0 heterocycles. The maximum atomic E-state index is 9.41. The van der Waals surface area contributed by atoms with Gasteiger partial charge in [-0.25, -0.2) is 0 Å². The summed E-state index contributed by atoms with van der Waals surface area (Å²) in [5.41, 5.74) is 8.01. The number of rotatable bonds is 2. The number of hydrogen-bond donors (Lipinski definition) is 2. The molecule has 0 spiro atoms. The molecule has 68 valence electrons. The van der Waals surface area contributed by atoms with Crippen LogP contribution in [0.15, 0.2) is 36.9 Å². The third kappa shape index (κ3) is 1.90. The molecule has 0 amide bonds. The number of phenolic OH excluding ortho intramolecular Hbond substituents is 1. The van der Waals surface area contributed by atoms with Crippen LogP contribution in [0.5, 0.6) is 5.75 Å². The third-order valence-corrected chi connectivity index (χ3v) is 1.91. The summed E-state index contributed by atoms with van der Waals surface area (Å²) in [5.74, 6) is 0.262. The summed E-state index contributed by atoms with van der Waals surface area (Å²) in [5, 5.41) is 9.41. The minimum absolute atomic E-state index is 0.262. The van der Waals surface area contributed by atoms with Crippen molar-refractivity contribution in [2.45, 2.75) is 6.92 Å². The third-order valence-electron chi connectivity index (χ3n) is 1.91. The highest BCUT2D eigenvalue weighted by Crippen LogP contribution is 2.22. The quantitative estimate of drug-likeness (QED) is 0.677. The van der Waals surface area contributed by atoms with Crippen molar-refractivity contribution in [3.63, 3.8) is 0 Å². The van der Waals surface area contributed by atoms with Gasteiger partial charge in [0.25, 0.3) is 0 Å². The standard InChI is InChI=1S/C11H13NO/c1-3-5-10(12)9-6-4-7-11(13)8(9)2/h3-7,13H,1,12H2,2H3/b10-5+. The van der Waals surface area contributed by atoms with Crippen molar-refractivity contribution < 1.29 is 5.11 Å². The predicted molar refractivity (Wildman–Crippen MR) is 55.2 cm³/mol. The zero-order valence-corrected chi connectivity index (χ0v) is 7.62. The summed E-state index contributed by atoms with van der Waals surface area (Å²) < 4.78 is 0. The molecule has 0 unspecified atom stereocenters. The number of allylic oxidation sites excluding steroid dienone is 2. The largest absolute Gasteiger partial charge is 0.508 e. The fourth-order valence-corrected chi connectivity index (χ4v) is 1.15. The van der Waals surface area contributed by atoms with Gasteiger partial charge in [-0.15, -0.1) is 0 Å². The molecule has 0 saturated heterocycles. The molecular weight excluding hydrogens is 162 g/mol. The van der Waals surface area contributed by atoms with E-state index in [0.717, 1.165) is 11.1 Å². The molecule has 0 aliphatic carbocycles. The van der Waals surface area contributed by atoms with E-state index >= 15 is 0 Å². The van der Waals surface area contributed by atoms with Crippen LogP contribution in [0.2, 0.25) is 0 Å². The molecule has 1 aromatic rings. The first-order valence-electron chi connectivity index (χ1n) is 4.04. The van der Waals surface area contributed by atoms with E-state index in [-0.39, 0.29) is 5.75 Å². The summed E-state index contributed by atoms with van der Waals surface area (Å²) in [7, 11) is 0. The fourth-order valence-electron chi connectivity index (χ4n) is 1.15. The molecular formula is C11H13NO. The Kier molecular flexibility index (Phi) is 2.75. The fraction of sp³-hybridized carbons (Fsp3) is 0.0909. The van der Waals surface area contributed by atoms with E-state index in [2.05, 4.69) is 6.58 Å². The number of nitrogens with two attached hydrogens (primary N) is 1. The molecule has 1 rings (SSSR count). The smallest absolute Gasteiger partial charge is 0.119 e. The number of hydrogen-bond acceptors (Lipinski definition) is 2. The lowest BCUT2D eigenvalue weighted by molar-refractivity contribution is 0.471. The highest BCUT2D eigenvalue weighted by molar-refractivity contribution is 5.68. The zero-order valence-electron chi connectivity index (χ0n) is 7.62. The average Bonchev–Trinajstić information content (AvgIpc) is 2.10. The van der Waals surface area contributed by atoms with Gasteiger partial charge < -0.3 is 10.8 Å². The molecule has 0 bridgehead atoms. The Balaban J connectivity index is 3.22. The predicted octanol–water partition coefficient (Wildman–Crippen LogP) is 2.19. The topological polar surface area (TPSA) is 46.2 Å². The van der Waals surface area contributed by atoms with Crippen molar-refractivity contribution in [3.05, 3.63) is 48.1 Å². The Labute approximate surface area is 78.0 Å². The lowest BCUT2D eigenvalue weighted by atomic mass is 10.0. The van der Waals surface area contributed by atoms with Gasteiger partial charge in [-0.05, 0) is 19.1 Å². The van der Waals surface area contributed by atoms with Crippen LogP contribution in [0, 0.1) is 6.92 Å². The van der Waals surface area contributed by atoms with Gasteiger partial charge in [0, 0.05) is 16.8 Å². The molecule has 3 N–H and O–H groups in total. The summed E-state index contributed by atoms with van der Waals surface area (Å²) in [4.78, 5) is 0. The van der Waals surface area contributed by atoms with Gasteiger partial charge in [0.05, 0.1) is 0 Å². The molecule has 0 saturated carbocycles. The second kappa shape index (κ2) is 3.81. The van der Waals surface area contributed by atoms with Crippen LogP contribution in [0.25, 0.3) is 5.70 Å². The maximum Gasteiger partial charge on any atom is 0.119 e. The lowest BCUT2D eigenvalue weighted by Gasteiger charge is -2.06. The first-order valence-corrected chi connectivity index (χ1v) is 4.04. The number of benzene rings is 1. The minimum atomic E-state index is 0.262. The maximum absolute atomic E-state index is 9.41. The van der Waals surface area contributed by atoms with Crippen molar-refractivity contribution in [1.29, 1.82) is 0 Å². The van der Waals surface area contributed by atoms with Gasteiger partial charge in [-0.3, -0.25) is 0 Å². The van der Waals surface area contributed by atoms with Crippen LogP contribution in [-0.4, -0.2) is 5.11 Å². The highest BCUT2D eigenvalue weighted by atomic mass is 16.3. The summed E-state index contributed by atoms with van der Waals surface area (Å²) in [6, 6.07) is 5.27. The van der Waals surface area contributed by atoms with Gasteiger partial charge >= 0.3 is 0 Å². The monoisotopic (exact) mass is 175 g/mol. The van der Waals surface area contributed by atoms with Gasteiger partial charge in [0.15, 0.2) is 0 Å². The van der Waals surface area contributed by atoms with E-state index in [0.29, 0.717) is 5.70 Å². The molecule has 2 heteroatoms. The van der Waals surface area contributed by atoms with E-state index in [1.54, 1.807) is 24.3 Å². The molecule has 0 radical (unpaired) electrons. The van der Waals surface area contributed by atoms with E-state index < -0.39 is 0 Å². The Morgan fingerprint density at radius 2 is 2.23 bits per heavy atom. The van der Waals surface area contributed by atoms with Gasteiger partial charge in [-0.1, -0.05) is 24.8 Å². The molecule has 0 aliphatic heterocycles. The van der Waals surface area contributed by atoms with Crippen molar-refractivity contribution >= 4 is 5.70 Å². The first-order chi connectivity index (χ1) is 6.16. The van der Waals surface area contributed by atoms with Gasteiger partial charge in [-0.2, -0.15) is 0 Å². The summed E-state index contributed by atoms with van der Waals surface area (Å²) in [6.07, 6.45) is 3.33. The van der Waals surface area contributed by atoms with Gasteiger partial charge in [0.1, 0.15) is 5.75 Å². The van der Waals surface area contributed by atoms with E-state index in [9.17, 15) is 5.11 Å². The van der Waals surface area contributed by atoms with Gasteiger partial charge in [0.2, 0.25) is 0 Å². The Bertz CT molecular complexity index is 353. The summed E-state index contributed by atoms with van der Waals surface area (Å²) >= 11 is 0. The molecule has 2 nitrogen and oxygen atoms in total. The summed E-state index contributed by atoms with van der Waals surface area (Å²) in [6.45, 7) is 5.39. The van der Waals surface area contributed by atoms with Crippen LogP contribution in [-0.2, 0) is 0 Å². The Hall–Kier alpha value is -1.70. The second-order valence-electron chi connectivity index (χ2n) is 2.81. The van der Waals surface area contributed by atoms with Crippen molar-refractivity contribution in [2.24, 2.45) is 5.73 Å². The molecule has 0 aromatic heterocycles. The highest BCUT2D eigenvalue weighted by Gasteiger charge is 2.03. The van der Waals surface area contributed by atoms with Crippen LogP contribution >= 0.6 is 0 Å². The Morgan fingerprint density at radius 1 is 1.54 bits per heavy atom. The molecule has 0 atom stereocenters. The molecule has 0 aliphatic rings. The minimum Gasteiger partial charge on any atom is -0.508 e. The van der Waals surface area contributed by atoms with E-state index in [1.807, 2.05) is 13.0 Å². The first kappa shape index (κ1) is 9.39. The van der Waals surface area contributed by atoms with Crippen molar-refractivity contribution in [3.8, 4) is 5.75 Å². The normalized spacial score (nSPS) is 11.3. The Morgan fingerprint density at radius 3 is 2.85 bits per heavy atom. The number of phenols is 1. The van der Waals surface area contributed by atoms with Crippen LogP contribution in [0.1, 0.15) is 11.1 Å². The molecule has 0 fully saturated rings. The van der Waals surface area contributed by atoms with Crippen LogP contribution in [0.4, 0.5) is 0 Å². The van der Waals surface area contributed by atoms with Crippen molar-refractivity contribution in [2.75, 3.05) is 0 Å². The van der Waals surface area contributed by atoms with E-state index in [4.69, 9.17) is 5.73 Å². The van der Waals surface area contributed by atoms with E-state index in [1.165, 1.54) is 0 Å². The second-order valence-corrected chi connectivity index (χ2v) is 2.81.